The van der Waals surface area contributed by atoms with Gasteiger partial charge in [0.25, 0.3) is 5.91 Å². The van der Waals surface area contributed by atoms with Crippen molar-refractivity contribution in [2.45, 2.75) is 6.04 Å². The summed E-state index contributed by atoms with van der Waals surface area (Å²) in [5.74, 6) is -0.358. The summed E-state index contributed by atoms with van der Waals surface area (Å²) in [5.41, 5.74) is 0.547. The van der Waals surface area contributed by atoms with Gasteiger partial charge >= 0.3 is 6.03 Å². The van der Waals surface area contributed by atoms with Crippen LogP contribution in [0.1, 0.15) is 11.7 Å². The number of carbonyl (C=O) groups is 2. The second-order valence-electron chi connectivity index (χ2n) is 2.65. The van der Waals surface area contributed by atoms with E-state index in [1.165, 1.54) is 0 Å². The summed E-state index contributed by atoms with van der Waals surface area (Å²) in [5, 5.41) is 4.59. The molecular formula is C8H7N3O2. The van der Waals surface area contributed by atoms with E-state index in [0.29, 0.717) is 5.69 Å². The number of aromatic nitrogens is 1. The van der Waals surface area contributed by atoms with Gasteiger partial charge in [0.05, 0.1) is 5.69 Å². The molecule has 0 spiro atoms. The maximum atomic E-state index is 11.2. The molecule has 1 fully saturated rings. The predicted molar refractivity (Wildman–Crippen MR) is 43.7 cm³/mol. The van der Waals surface area contributed by atoms with Crippen LogP contribution in [0.3, 0.4) is 0 Å². The number of pyridine rings is 1. The quantitative estimate of drug-likeness (QED) is 0.591. The summed E-state index contributed by atoms with van der Waals surface area (Å²) >= 11 is 0. The van der Waals surface area contributed by atoms with Gasteiger partial charge in [0, 0.05) is 6.20 Å². The van der Waals surface area contributed by atoms with E-state index in [0.717, 1.165) is 0 Å². The zero-order valence-corrected chi connectivity index (χ0v) is 6.65. The van der Waals surface area contributed by atoms with E-state index in [-0.39, 0.29) is 5.91 Å². The molecule has 1 aromatic rings. The maximum Gasteiger partial charge on any atom is 0.322 e. The molecule has 0 aromatic carbocycles. The van der Waals surface area contributed by atoms with Gasteiger partial charge in [-0.1, -0.05) is 6.07 Å². The maximum absolute atomic E-state index is 11.2. The Morgan fingerprint density at radius 1 is 1.31 bits per heavy atom. The fraction of sp³-hybridized carbons (Fsp3) is 0.125. The van der Waals surface area contributed by atoms with Gasteiger partial charge in [-0.3, -0.25) is 15.1 Å². The number of imide groups is 1. The van der Waals surface area contributed by atoms with E-state index in [9.17, 15) is 9.59 Å². The van der Waals surface area contributed by atoms with Crippen LogP contribution in [0.4, 0.5) is 4.79 Å². The van der Waals surface area contributed by atoms with Crippen molar-refractivity contribution in [3.63, 3.8) is 0 Å². The first-order valence-electron chi connectivity index (χ1n) is 3.79. The second kappa shape index (κ2) is 2.85. The van der Waals surface area contributed by atoms with Crippen molar-refractivity contribution in [3.8, 4) is 0 Å². The van der Waals surface area contributed by atoms with Gasteiger partial charge in [-0.2, -0.15) is 0 Å². The Balaban J connectivity index is 2.28. The van der Waals surface area contributed by atoms with Crippen molar-refractivity contribution in [3.05, 3.63) is 30.1 Å². The summed E-state index contributed by atoms with van der Waals surface area (Å²) in [7, 11) is 0. The predicted octanol–water partition coefficient (Wildman–Crippen LogP) is -0.0379. The molecule has 0 saturated carbocycles. The lowest BCUT2D eigenvalue weighted by Crippen LogP contribution is -2.22. The average Bonchev–Trinajstić information content (AvgIpc) is 2.47. The molecule has 1 aliphatic heterocycles. The van der Waals surface area contributed by atoms with E-state index < -0.39 is 12.1 Å². The van der Waals surface area contributed by atoms with Crippen molar-refractivity contribution >= 4 is 11.9 Å². The molecule has 0 aliphatic carbocycles. The Morgan fingerprint density at radius 3 is 2.69 bits per heavy atom. The lowest BCUT2D eigenvalue weighted by Gasteiger charge is -2.04. The Kier molecular flexibility index (Phi) is 1.70. The molecule has 13 heavy (non-hydrogen) atoms. The van der Waals surface area contributed by atoms with Gasteiger partial charge in [-0.15, -0.1) is 0 Å². The van der Waals surface area contributed by atoms with E-state index >= 15 is 0 Å². The third-order valence-corrected chi connectivity index (χ3v) is 1.76. The summed E-state index contributed by atoms with van der Waals surface area (Å²) < 4.78 is 0. The van der Waals surface area contributed by atoms with Gasteiger partial charge in [-0.05, 0) is 12.1 Å². The number of nitrogens with one attached hydrogen (secondary N) is 2. The highest BCUT2D eigenvalue weighted by atomic mass is 16.2. The third kappa shape index (κ3) is 1.35. The Hall–Kier alpha value is -1.91. The van der Waals surface area contributed by atoms with Crippen LogP contribution in [0.5, 0.6) is 0 Å². The third-order valence-electron chi connectivity index (χ3n) is 1.76. The molecule has 0 radical (unpaired) electrons. The Bertz CT molecular complexity index is 350. The molecule has 2 rings (SSSR count). The zero-order chi connectivity index (χ0) is 9.26. The number of rotatable bonds is 1. The summed E-state index contributed by atoms with van der Waals surface area (Å²) in [4.78, 5) is 25.9. The van der Waals surface area contributed by atoms with Crippen LogP contribution in [0.15, 0.2) is 24.4 Å². The average molecular weight is 177 g/mol. The van der Waals surface area contributed by atoms with E-state index in [2.05, 4.69) is 15.6 Å². The summed E-state index contributed by atoms with van der Waals surface area (Å²) in [6, 6.07) is 4.09. The smallest absolute Gasteiger partial charge is 0.321 e. The molecule has 0 unspecified atom stereocenters. The van der Waals surface area contributed by atoms with Crippen LogP contribution in [-0.4, -0.2) is 16.9 Å². The van der Waals surface area contributed by atoms with Crippen molar-refractivity contribution in [1.29, 1.82) is 0 Å². The van der Waals surface area contributed by atoms with E-state index in [1.807, 2.05) is 0 Å². The molecule has 1 aliphatic rings. The number of nitrogens with zero attached hydrogens (tertiary/aromatic N) is 1. The fourth-order valence-corrected chi connectivity index (χ4v) is 1.17. The monoisotopic (exact) mass is 177 g/mol. The van der Waals surface area contributed by atoms with Crippen LogP contribution in [-0.2, 0) is 4.79 Å². The number of hydrogen-bond acceptors (Lipinski definition) is 3. The molecular weight excluding hydrogens is 170 g/mol. The fourth-order valence-electron chi connectivity index (χ4n) is 1.17. The molecule has 3 amide bonds. The van der Waals surface area contributed by atoms with Gasteiger partial charge in [0.2, 0.25) is 0 Å². The highest BCUT2D eigenvalue weighted by molar-refractivity contribution is 6.04. The number of urea groups is 1. The standard InChI is InChI=1S/C8H7N3O2/c12-7-6(10-8(13)11-7)5-3-1-2-4-9-5/h1-4,6H,(H2,10,11,12,13)/t6-/m1/s1. The molecule has 5 heteroatoms. The van der Waals surface area contributed by atoms with Gasteiger partial charge in [0.1, 0.15) is 0 Å². The topological polar surface area (TPSA) is 71.1 Å². The van der Waals surface area contributed by atoms with Crippen molar-refractivity contribution < 1.29 is 9.59 Å². The van der Waals surface area contributed by atoms with Crippen LogP contribution >= 0.6 is 0 Å². The van der Waals surface area contributed by atoms with Crippen LogP contribution in [0.2, 0.25) is 0 Å². The minimum Gasteiger partial charge on any atom is -0.321 e. The molecule has 1 saturated heterocycles. The molecule has 0 bridgehead atoms. The largest absolute Gasteiger partial charge is 0.322 e. The highest BCUT2D eigenvalue weighted by Gasteiger charge is 2.31. The minimum atomic E-state index is -0.645. The van der Waals surface area contributed by atoms with Crippen molar-refractivity contribution in [1.82, 2.24) is 15.6 Å². The van der Waals surface area contributed by atoms with Crippen LogP contribution in [0, 0.1) is 0 Å². The first-order chi connectivity index (χ1) is 6.27. The number of amides is 3. The van der Waals surface area contributed by atoms with Gasteiger partial charge in [-0.25, -0.2) is 4.79 Å². The lowest BCUT2D eigenvalue weighted by molar-refractivity contribution is -0.120. The highest BCUT2D eigenvalue weighted by Crippen LogP contribution is 2.12. The number of carbonyl (C=O) groups excluding carboxylic acids is 2. The van der Waals surface area contributed by atoms with Gasteiger partial charge < -0.3 is 5.32 Å². The van der Waals surface area contributed by atoms with Crippen LogP contribution < -0.4 is 10.6 Å². The first kappa shape index (κ1) is 7.72. The Labute approximate surface area is 74.2 Å². The second-order valence-corrected chi connectivity index (χ2v) is 2.65. The SMILES string of the molecule is O=C1NC(=O)[C@@H](c2ccccn2)N1. The molecule has 2 heterocycles. The number of hydrogen-bond donors (Lipinski definition) is 2. The normalized spacial score (nSPS) is 21.1. The van der Waals surface area contributed by atoms with E-state index in [1.54, 1.807) is 24.4 Å². The zero-order valence-electron chi connectivity index (χ0n) is 6.65. The first-order valence-corrected chi connectivity index (χ1v) is 3.79. The lowest BCUT2D eigenvalue weighted by atomic mass is 10.2. The summed E-state index contributed by atoms with van der Waals surface area (Å²) in [6.45, 7) is 0. The molecule has 1 aromatic heterocycles. The summed E-state index contributed by atoms with van der Waals surface area (Å²) in [6.07, 6.45) is 1.58. The molecule has 66 valence electrons. The van der Waals surface area contributed by atoms with Crippen LogP contribution in [0.25, 0.3) is 0 Å². The van der Waals surface area contributed by atoms with E-state index in [4.69, 9.17) is 0 Å². The minimum absolute atomic E-state index is 0.358. The molecule has 2 N–H and O–H groups in total. The molecule has 5 nitrogen and oxygen atoms in total. The molecule has 1 atom stereocenters. The van der Waals surface area contributed by atoms with Crippen molar-refractivity contribution in [2.75, 3.05) is 0 Å². The Morgan fingerprint density at radius 2 is 2.15 bits per heavy atom. The van der Waals surface area contributed by atoms with Crippen molar-refractivity contribution in [2.24, 2.45) is 0 Å². The van der Waals surface area contributed by atoms with Gasteiger partial charge in [0.15, 0.2) is 6.04 Å².